The molecule has 138 valence electrons. The van der Waals surface area contributed by atoms with Crippen LogP contribution in [0.15, 0.2) is 54.7 Å². The Morgan fingerprint density at radius 1 is 1.04 bits per heavy atom. The lowest BCUT2D eigenvalue weighted by Gasteiger charge is -2.19. The number of amides is 1. The lowest BCUT2D eigenvalue weighted by molar-refractivity contribution is 0.102. The van der Waals surface area contributed by atoms with E-state index in [-0.39, 0.29) is 11.6 Å². The molecule has 2 N–H and O–H groups in total. The highest BCUT2D eigenvalue weighted by atomic mass is 16.6. The van der Waals surface area contributed by atoms with Gasteiger partial charge in [0.25, 0.3) is 5.91 Å². The number of aromatic nitrogens is 2. The summed E-state index contributed by atoms with van der Waals surface area (Å²) in [6.45, 7) is 1.02. The molecule has 0 spiro atoms. The van der Waals surface area contributed by atoms with E-state index < -0.39 is 5.91 Å². The van der Waals surface area contributed by atoms with Crippen LogP contribution in [0.5, 0.6) is 11.5 Å². The van der Waals surface area contributed by atoms with Gasteiger partial charge in [-0.25, -0.2) is 9.97 Å². The third-order valence-electron chi connectivity index (χ3n) is 3.94. The van der Waals surface area contributed by atoms with Crippen molar-refractivity contribution in [3.8, 4) is 17.6 Å². The standard InChI is InChI=1S/C20H15N5O3/c21-12-13-2-1-3-14(10-13)23-19(26)16-6-7-22-20(25-16)24-15-4-5-17-18(11-15)28-9-8-27-17/h1-7,10-11H,8-9H2,(H,23,26)(H,22,24,25). The summed E-state index contributed by atoms with van der Waals surface area (Å²) in [5, 5.41) is 14.7. The van der Waals surface area contributed by atoms with E-state index >= 15 is 0 Å². The molecule has 1 aliphatic rings. The maximum absolute atomic E-state index is 12.5. The van der Waals surface area contributed by atoms with E-state index in [1.165, 1.54) is 12.3 Å². The van der Waals surface area contributed by atoms with E-state index in [9.17, 15) is 4.79 Å². The molecule has 8 heteroatoms. The number of fused-ring (bicyclic) bond motifs is 1. The highest BCUT2D eigenvalue weighted by Crippen LogP contribution is 2.33. The van der Waals surface area contributed by atoms with Gasteiger partial charge < -0.3 is 20.1 Å². The Morgan fingerprint density at radius 2 is 1.89 bits per heavy atom. The minimum absolute atomic E-state index is 0.192. The second-order valence-corrected chi connectivity index (χ2v) is 5.90. The molecule has 0 atom stereocenters. The molecule has 2 aromatic carbocycles. The van der Waals surface area contributed by atoms with Crippen LogP contribution in [-0.2, 0) is 0 Å². The number of nitrogens with one attached hydrogen (secondary N) is 2. The minimum Gasteiger partial charge on any atom is -0.486 e. The van der Waals surface area contributed by atoms with E-state index in [1.54, 1.807) is 36.4 Å². The molecule has 0 unspecified atom stereocenters. The maximum Gasteiger partial charge on any atom is 0.274 e. The first kappa shape index (κ1) is 17.3. The number of anilines is 3. The smallest absolute Gasteiger partial charge is 0.274 e. The first-order valence-electron chi connectivity index (χ1n) is 8.52. The summed E-state index contributed by atoms with van der Waals surface area (Å²) in [6, 6.07) is 15.6. The SMILES string of the molecule is N#Cc1cccc(NC(=O)c2ccnc(Nc3ccc4c(c3)OCCO4)n2)c1. The maximum atomic E-state index is 12.5. The van der Waals surface area contributed by atoms with E-state index in [0.29, 0.717) is 41.7 Å². The van der Waals surface area contributed by atoms with Crippen LogP contribution in [0.1, 0.15) is 16.1 Å². The molecule has 28 heavy (non-hydrogen) atoms. The van der Waals surface area contributed by atoms with Gasteiger partial charge in [-0.2, -0.15) is 5.26 Å². The number of benzene rings is 2. The fraction of sp³-hybridized carbons (Fsp3) is 0.100. The van der Waals surface area contributed by atoms with Gasteiger partial charge >= 0.3 is 0 Å². The Hall–Kier alpha value is -4.12. The summed E-state index contributed by atoms with van der Waals surface area (Å²) in [6.07, 6.45) is 1.49. The van der Waals surface area contributed by atoms with Gasteiger partial charge in [0.2, 0.25) is 5.95 Å². The number of nitrogens with zero attached hydrogens (tertiary/aromatic N) is 3. The zero-order valence-corrected chi connectivity index (χ0v) is 14.7. The summed E-state index contributed by atoms with van der Waals surface area (Å²) < 4.78 is 11.1. The van der Waals surface area contributed by atoms with E-state index in [1.807, 2.05) is 12.1 Å². The average molecular weight is 373 g/mol. The molecule has 0 saturated heterocycles. The van der Waals surface area contributed by atoms with Crippen LogP contribution in [0.2, 0.25) is 0 Å². The van der Waals surface area contributed by atoms with Gasteiger partial charge in [0.15, 0.2) is 11.5 Å². The van der Waals surface area contributed by atoms with Gasteiger partial charge in [0.05, 0.1) is 11.6 Å². The molecule has 3 aromatic rings. The van der Waals surface area contributed by atoms with E-state index in [4.69, 9.17) is 14.7 Å². The highest BCUT2D eigenvalue weighted by Gasteiger charge is 2.13. The molecule has 1 aliphatic heterocycles. The quantitative estimate of drug-likeness (QED) is 0.723. The number of hydrogen-bond donors (Lipinski definition) is 2. The molecule has 0 bridgehead atoms. The van der Waals surface area contributed by atoms with Crippen molar-refractivity contribution < 1.29 is 14.3 Å². The monoisotopic (exact) mass is 373 g/mol. The Balaban J connectivity index is 1.49. The molecule has 1 amide bonds. The van der Waals surface area contributed by atoms with Gasteiger partial charge in [0, 0.05) is 23.6 Å². The summed E-state index contributed by atoms with van der Waals surface area (Å²) in [4.78, 5) is 20.9. The van der Waals surface area contributed by atoms with Crippen LogP contribution in [0, 0.1) is 11.3 Å². The zero-order chi connectivity index (χ0) is 19.3. The number of hydrogen-bond acceptors (Lipinski definition) is 7. The molecule has 4 rings (SSSR count). The van der Waals surface area contributed by atoms with Crippen molar-refractivity contribution in [2.24, 2.45) is 0 Å². The third kappa shape index (κ3) is 3.83. The van der Waals surface area contributed by atoms with Crippen LogP contribution in [0.4, 0.5) is 17.3 Å². The zero-order valence-electron chi connectivity index (χ0n) is 14.7. The van der Waals surface area contributed by atoms with Gasteiger partial charge in [-0.15, -0.1) is 0 Å². The second-order valence-electron chi connectivity index (χ2n) is 5.90. The Kier molecular flexibility index (Phi) is 4.72. The summed E-state index contributed by atoms with van der Waals surface area (Å²) in [5.41, 5.74) is 1.88. The molecule has 0 saturated carbocycles. The first-order valence-corrected chi connectivity index (χ1v) is 8.52. The fourth-order valence-electron chi connectivity index (χ4n) is 2.66. The number of rotatable bonds is 4. The molecule has 2 heterocycles. The lowest BCUT2D eigenvalue weighted by Crippen LogP contribution is -2.16. The van der Waals surface area contributed by atoms with Gasteiger partial charge in [-0.05, 0) is 36.4 Å². The van der Waals surface area contributed by atoms with Crippen molar-refractivity contribution in [3.63, 3.8) is 0 Å². The number of nitriles is 1. The first-order chi connectivity index (χ1) is 13.7. The lowest BCUT2D eigenvalue weighted by atomic mass is 10.2. The highest BCUT2D eigenvalue weighted by molar-refractivity contribution is 6.03. The predicted octanol–water partition coefficient (Wildman–Crippen LogP) is 3.12. The third-order valence-corrected chi connectivity index (χ3v) is 3.94. The molecule has 0 fully saturated rings. The van der Waals surface area contributed by atoms with Crippen LogP contribution < -0.4 is 20.1 Å². The van der Waals surface area contributed by atoms with Crippen LogP contribution in [-0.4, -0.2) is 29.1 Å². The van der Waals surface area contributed by atoms with E-state index in [0.717, 1.165) is 0 Å². The molecule has 8 nitrogen and oxygen atoms in total. The second kappa shape index (κ2) is 7.63. The summed E-state index contributed by atoms with van der Waals surface area (Å²) >= 11 is 0. The summed E-state index contributed by atoms with van der Waals surface area (Å²) in [5.74, 6) is 1.20. The van der Waals surface area contributed by atoms with Crippen LogP contribution in [0.25, 0.3) is 0 Å². The van der Waals surface area contributed by atoms with Crippen molar-refractivity contribution >= 4 is 23.2 Å². The number of carbonyl (C=O) groups excluding carboxylic acids is 1. The molecule has 0 aliphatic carbocycles. The Bertz CT molecular complexity index is 1080. The van der Waals surface area contributed by atoms with Crippen molar-refractivity contribution in [1.29, 1.82) is 5.26 Å². The predicted molar refractivity (Wildman–Crippen MR) is 102 cm³/mol. The van der Waals surface area contributed by atoms with Crippen molar-refractivity contribution in [1.82, 2.24) is 9.97 Å². The largest absolute Gasteiger partial charge is 0.486 e. The Labute approximate surface area is 160 Å². The fourth-order valence-corrected chi connectivity index (χ4v) is 2.66. The molecular weight excluding hydrogens is 358 g/mol. The molecule has 0 radical (unpaired) electrons. The van der Waals surface area contributed by atoms with Crippen molar-refractivity contribution in [2.75, 3.05) is 23.8 Å². The normalized spacial score (nSPS) is 12.0. The number of carbonyl (C=O) groups is 1. The summed E-state index contributed by atoms with van der Waals surface area (Å²) in [7, 11) is 0. The molecular formula is C20H15N5O3. The van der Waals surface area contributed by atoms with E-state index in [2.05, 4.69) is 20.6 Å². The van der Waals surface area contributed by atoms with Crippen LogP contribution >= 0.6 is 0 Å². The van der Waals surface area contributed by atoms with Crippen molar-refractivity contribution in [3.05, 3.63) is 66.0 Å². The topological polar surface area (TPSA) is 109 Å². The van der Waals surface area contributed by atoms with Gasteiger partial charge in [-0.3, -0.25) is 4.79 Å². The minimum atomic E-state index is -0.400. The number of ether oxygens (including phenoxy) is 2. The molecule has 1 aromatic heterocycles. The van der Waals surface area contributed by atoms with Crippen molar-refractivity contribution in [2.45, 2.75) is 0 Å². The Morgan fingerprint density at radius 3 is 2.75 bits per heavy atom. The van der Waals surface area contributed by atoms with Crippen LogP contribution in [0.3, 0.4) is 0 Å². The average Bonchev–Trinajstić information content (AvgIpc) is 2.74. The van der Waals surface area contributed by atoms with Gasteiger partial charge in [-0.1, -0.05) is 6.07 Å². The van der Waals surface area contributed by atoms with Gasteiger partial charge in [0.1, 0.15) is 18.9 Å².